The van der Waals surface area contributed by atoms with Crippen molar-refractivity contribution in [1.29, 1.82) is 0 Å². The summed E-state index contributed by atoms with van der Waals surface area (Å²) in [5.74, 6) is 1.44. The second kappa shape index (κ2) is 4.19. The SMILES string of the molecule is COc1cccnc1C1CCC(O)C1C. The highest BCUT2D eigenvalue weighted by atomic mass is 16.5. The first-order valence-electron chi connectivity index (χ1n) is 5.41. The molecule has 1 fully saturated rings. The predicted molar refractivity (Wildman–Crippen MR) is 57.9 cm³/mol. The molecule has 0 spiro atoms. The Morgan fingerprint density at radius 2 is 2.27 bits per heavy atom. The first-order valence-corrected chi connectivity index (χ1v) is 5.41. The van der Waals surface area contributed by atoms with Crippen LogP contribution >= 0.6 is 0 Å². The molecule has 15 heavy (non-hydrogen) atoms. The van der Waals surface area contributed by atoms with Crippen LogP contribution in [0, 0.1) is 5.92 Å². The molecule has 1 aromatic heterocycles. The summed E-state index contributed by atoms with van der Waals surface area (Å²) in [6.07, 6.45) is 3.46. The molecule has 0 bridgehead atoms. The second-order valence-electron chi connectivity index (χ2n) is 4.20. The number of ether oxygens (including phenoxy) is 1. The maximum Gasteiger partial charge on any atom is 0.140 e. The monoisotopic (exact) mass is 207 g/mol. The Morgan fingerprint density at radius 3 is 2.87 bits per heavy atom. The molecule has 1 aliphatic rings. The molecular formula is C12H17NO2. The molecule has 82 valence electrons. The van der Waals surface area contributed by atoms with Gasteiger partial charge in [-0.05, 0) is 30.9 Å². The Labute approximate surface area is 90.1 Å². The van der Waals surface area contributed by atoms with E-state index in [0.29, 0.717) is 5.92 Å². The average Bonchev–Trinajstić information content (AvgIpc) is 2.60. The van der Waals surface area contributed by atoms with Crippen LogP contribution in [0.4, 0.5) is 0 Å². The molecular weight excluding hydrogens is 190 g/mol. The smallest absolute Gasteiger partial charge is 0.140 e. The van der Waals surface area contributed by atoms with E-state index >= 15 is 0 Å². The average molecular weight is 207 g/mol. The number of aliphatic hydroxyl groups excluding tert-OH is 1. The first-order chi connectivity index (χ1) is 7.24. The van der Waals surface area contributed by atoms with Crippen LogP contribution < -0.4 is 4.74 Å². The maximum atomic E-state index is 9.72. The van der Waals surface area contributed by atoms with E-state index in [0.717, 1.165) is 24.3 Å². The van der Waals surface area contributed by atoms with Crippen LogP contribution in [0.2, 0.25) is 0 Å². The minimum absolute atomic E-state index is 0.193. The van der Waals surface area contributed by atoms with E-state index in [1.807, 2.05) is 12.1 Å². The summed E-state index contributed by atoms with van der Waals surface area (Å²) in [5, 5.41) is 9.72. The second-order valence-corrected chi connectivity index (χ2v) is 4.20. The predicted octanol–water partition coefficient (Wildman–Crippen LogP) is 1.96. The number of pyridine rings is 1. The van der Waals surface area contributed by atoms with E-state index in [2.05, 4.69) is 11.9 Å². The van der Waals surface area contributed by atoms with Crippen LogP contribution in [0.5, 0.6) is 5.75 Å². The molecule has 0 saturated heterocycles. The van der Waals surface area contributed by atoms with Crippen molar-refractivity contribution in [2.45, 2.75) is 31.8 Å². The fraction of sp³-hybridized carbons (Fsp3) is 0.583. The number of methoxy groups -OCH3 is 1. The van der Waals surface area contributed by atoms with Gasteiger partial charge < -0.3 is 9.84 Å². The number of rotatable bonds is 2. The Balaban J connectivity index is 2.29. The zero-order valence-electron chi connectivity index (χ0n) is 9.18. The van der Waals surface area contributed by atoms with Gasteiger partial charge in [-0.15, -0.1) is 0 Å². The van der Waals surface area contributed by atoms with Crippen molar-refractivity contribution in [3.63, 3.8) is 0 Å². The van der Waals surface area contributed by atoms with Crippen molar-refractivity contribution in [3.8, 4) is 5.75 Å². The number of nitrogens with zero attached hydrogens (tertiary/aromatic N) is 1. The van der Waals surface area contributed by atoms with Crippen LogP contribution in [0.25, 0.3) is 0 Å². The van der Waals surface area contributed by atoms with E-state index in [9.17, 15) is 5.11 Å². The van der Waals surface area contributed by atoms with Crippen molar-refractivity contribution in [3.05, 3.63) is 24.0 Å². The highest BCUT2D eigenvalue weighted by molar-refractivity contribution is 5.31. The molecule has 2 rings (SSSR count). The van der Waals surface area contributed by atoms with Crippen LogP contribution in [-0.2, 0) is 0 Å². The standard InChI is InChI=1S/C12H17NO2/c1-8-9(5-6-10(8)14)12-11(15-2)4-3-7-13-12/h3-4,7-10,14H,5-6H2,1-2H3. The Kier molecular flexibility index (Phi) is 2.91. The quantitative estimate of drug-likeness (QED) is 0.806. The summed E-state index contributed by atoms with van der Waals surface area (Å²) in [6, 6.07) is 3.80. The van der Waals surface area contributed by atoms with Gasteiger partial charge in [-0.1, -0.05) is 6.92 Å². The summed E-state index contributed by atoms with van der Waals surface area (Å²) in [6.45, 7) is 2.08. The lowest BCUT2D eigenvalue weighted by Gasteiger charge is -2.18. The number of hydrogen-bond donors (Lipinski definition) is 1. The van der Waals surface area contributed by atoms with Gasteiger partial charge in [0.1, 0.15) is 5.75 Å². The molecule has 3 unspecified atom stereocenters. The van der Waals surface area contributed by atoms with Crippen molar-refractivity contribution in [2.24, 2.45) is 5.92 Å². The third-order valence-corrected chi connectivity index (χ3v) is 3.39. The third kappa shape index (κ3) is 1.84. The highest BCUT2D eigenvalue weighted by Gasteiger charge is 2.34. The van der Waals surface area contributed by atoms with Gasteiger partial charge in [0, 0.05) is 12.1 Å². The minimum Gasteiger partial charge on any atom is -0.495 e. The van der Waals surface area contributed by atoms with Crippen molar-refractivity contribution in [1.82, 2.24) is 4.98 Å². The van der Waals surface area contributed by atoms with Gasteiger partial charge >= 0.3 is 0 Å². The molecule has 1 aromatic rings. The summed E-state index contributed by atoms with van der Waals surface area (Å²) in [7, 11) is 1.66. The normalized spacial score (nSPS) is 30.5. The summed E-state index contributed by atoms with van der Waals surface area (Å²) in [4.78, 5) is 4.38. The Morgan fingerprint density at radius 1 is 1.47 bits per heavy atom. The molecule has 1 saturated carbocycles. The van der Waals surface area contributed by atoms with Crippen LogP contribution in [-0.4, -0.2) is 23.3 Å². The van der Waals surface area contributed by atoms with E-state index in [1.165, 1.54) is 0 Å². The van der Waals surface area contributed by atoms with E-state index in [1.54, 1.807) is 13.3 Å². The van der Waals surface area contributed by atoms with Gasteiger partial charge in [0.25, 0.3) is 0 Å². The number of aromatic nitrogens is 1. The fourth-order valence-electron chi connectivity index (χ4n) is 2.38. The van der Waals surface area contributed by atoms with Gasteiger partial charge in [-0.3, -0.25) is 4.98 Å². The van der Waals surface area contributed by atoms with E-state index in [4.69, 9.17) is 4.74 Å². The summed E-state index contributed by atoms with van der Waals surface area (Å²) >= 11 is 0. The molecule has 0 aromatic carbocycles. The van der Waals surface area contributed by atoms with Crippen molar-refractivity contribution >= 4 is 0 Å². The topological polar surface area (TPSA) is 42.4 Å². The third-order valence-electron chi connectivity index (χ3n) is 3.39. The minimum atomic E-state index is -0.193. The molecule has 0 aliphatic heterocycles. The number of hydrogen-bond acceptors (Lipinski definition) is 3. The lowest BCUT2D eigenvalue weighted by molar-refractivity contribution is 0.136. The Bertz CT molecular complexity index is 340. The molecule has 3 atom stereocenters. The van der Waals surface area contributed by atoms with Gasteiger partial charge in [-0.2, -0.15) is 0 Å². The van der Waals surface area contributed by atoms with Crippen LogP contribution in [0.15, 0.2) is 18.3 Å². The first kappa shape index (κ1) is 10.4. The summed E-state index contributed by atoms with van der Waals surface area (Å²) in [5.41, 5.74) is 0.990. The van der Waals surface area contributed by atoms with E-state index < -0.39 is 0 Å². The van der Waals surface area contributed by atoms with Gasteiger partial charge in [0.05, 0.1) is 18.9 Å². The molecule has 1 heterocycles. The van der Waals surface area contributed by atoms with Gasteiger partial charge in [0.2, 0.25) is 0 Å². The maximum absolute atomic E-state index is 9.72. The molecule has 3 nitrogen and oxygen atoms in total. The molecule has 0 radical (unpaired) electrons. The molecule has 1 aliphatic carbocycles. The van der Waals surface area contributed by atoms with Gasteiger partial charge in [-0.25, -0.2) is 0 Å². The lowest BCUT2D eigenvalue weighted by Crippen LogP contribution is -2.15. The van der Waals surface area contributed by atoms with E-state index in [-0.39, 0.29) is 12.0 Å². The molecule has 3 heteroatoms. The zero-order chi connectivity index (χ0) is 10.8. The fourth-order valence-corrected chi connectivity index (χ4v) is 2.38. The largest absolute Gasteiger partial charge is 0.495 e. The zero-order valence-corrected chi connectivity index (χ0v) is 9.18. The lowest BCUT2D eigenvalue weighted by atomic mass is 9.92. The van der Waals surface area contributed by atoms with Crippen LogP contribution in [0.3, 0.4) is 0 Å². The van der Waals surface area contributed by atoms with Crippen LogP contribution in [0.1, 0.15) is 31.4 Å². The highest BCUT2D eigenvalue weighted by Crippen LogP contribution is 2.41. The number of aliphatic hydroxyl groups is 1. The summed E-state index contributed by atoms with van der Waals surface area (Å²) < 4.78 is 5.30. The van der Waals surface area contributed by atoms with Crippen molar-refractivity contribution in [2.75, 3.05) is 7.11 Å². The molecule has 0 amide bonds. The van der Waals surface area contributed by atoms with Gasteiger partial charge in [0.15, 0.2) is 0 Å². The Hall–Kier alpha value is -1.09. The molecule has 1 N–H and O–H groups in total. The van der Waals surface area contributed by atoms with Crippen molar-refractivity contribution < 1.29 is 9.84 Å².